The third-order valence-corrected chi connectivity index (χ3v) is 6.03. The van der Waals surface area contributed by atoms with Crippen LogP contribution in [0.5, 0.6) is 5.75 Å². The molecular weight excluding hydrogens is 286 g/mol. The number of sulfonamides is 1. The summed E-state index contributed by atoms with van der Waals surface area (Å²) >= 11 is 0. The molecule has 1 aliphatic carbocycles. The predicted octanol–water partition coefficient (Wildman–Crippen LogP) is 2.96. The Balaban J connectivity index is 1.82. The van der Waals surface area contributed by atoms with Gasteiger partial charge >= 0.3 is 0 Å². The zero-order chi connectivity index (χ0) is 14.9. The van der Waals surface area contributed by atoms with Gasteiger partial charge in [-0.1, -0.05) is 23.3 Å². The van der Waals surface area contributed by atoms with E-state index < -0.39 is 10.0 Å². The summed E-state index contributed by atoms with van der Waals surface area (Å²) in [6.45, 7) is 3.49. The van der Waals surface area contributed by atoms with Crippen LogP contribution in [-0.2, 0) is 10.0 Å². The molecule has 2 fully saturated rings. The number of allylic oxidation sites excluding steroid dienone is 1. The summed E-state index contributed by atoms with van der Waals surface area (Å²) < 4.78 is 32.7. The second-order valence-corrected chi connectivity index (χ2v) is 7.40. The smallest absolute Gasteiger partial charge is 0.246 e. The molecule has 1 aromatic rings. The van der Waals surface area contributed by atoms with Gasteiger partial charge in [-0.2, -0.15) is 4.31 Å². The van der Waals surface area contributed by atoms with E-state index in [1.807, 2.05) is 6.92 Å². The Morgan fingerprint density at radius 2 is 1.67 bits per heavy atom. The van der Waals surface area contributed by atoms with E-state index in [-0.39, 0.29) is 4.90 Å². The van der Waals surface area contributed by atoms with Crippen molar-refractivity contribution in [3.8, 4) is 5.75 Å². The summed E-state index contributed by atoms with van der Waals surface area (Å²) in [4.78, 5) is 0.286. The molecule has 0 bridgehead atoms. The molecular formula is C16H21NO3S. The van der Waals surface area contributed by atoms with Crippen molar-refractivity contribution in [1.29, 1.82) is 0 Å². The molecule has 21 heavy (non-hydrogen) atoms. The first-order chi connectivity index (χ1) is 10.1. The number of nitrogens with zero attached hydrogens (tertiary/aromatic N) is 1. The van der Waals surface area contributed by atoms with Crippen molar-refractivity contribution in [2.24, 2.45) is 0 Å². The summed E-state index contributed by atoms with van der Waals surface area (Å²) in [6, 6.07) is 6.90. The van der Waals surface area contributed by atoms with E-state index >= 15 is 0 Å². The highest BCUT2D eigenvalue weighted by molar-refractivity contribution is 7.89. The maximum Gasteiger partial charge on any atom is 0.246 e. The van der Waals surface area contributed by atoms with Crippen LogP contribution in [-0.4, -0.2) is 32.4 Å². The molecule has 0 amide bonds. The lowest BCUT2D eigenvalue weighted by Gasteiger charge is -2.28. The molecule has 0 N–H and O–H groups in total. The SMILES string of the molecule is CCOc1ccccc1S(=O)(=O)N1CCC(=C2CC2)CC1. The van der Waals surface area contributed by atoms with Crippen LogP contribution in [0.2, 0.25) is 0 Å². The van der Waals surface area contributed by atoms with Gasteiger partial charge in [0.2, 0.25) is 10.0 Å². The average Bonchev–Trinajstić information content (AvgIpc) is 3.33. The summed E-state index contributed by atoms with van der Waals surface area (Å²) in [5.74, 6) is 0.450. The molecule has 5 heteroatoms. The van der Waals surface area contributed by atoms with Crippen LogP contribution in [0.3, 0.4) is 0 Å². The molecule has 0 aromatic heterocycles. The van der Waals surface area contributed by atoms with Crippen molar-refractivity contribution in [2.75, 3.05) is 19.7 Å². The van der Waals surface area contributed by atoms with Crippen LogP contribution in [0.4, 0.5) is 0 Å². The number of rotatable bonds is 4. The molecule has 1 heterocycles. The molecule has 4 nitrogen and oxygen atoms in total. The third-order valence-electron chi connectivity index (χ3n) is 4.09. The fourth-order valence-electron chi connectivity index (χ4n) is 2.84. The zero-order valence-electron chi connectivity index (χ0n) is 12.3. The molecule has 2 aliphatic rings. The Morgan fingerprint density at radius 1 is 1.05 bits per heavy atom. The Morgan fingerprint density at radius 3 is 2.29 bits per heavy atom. The van der Waals surface area contributed by atoms with Crippen molar-refractivity contribution in [3.05, 3.63) is 35.4 Å². The first-order valence-corrected chi connectivity index (χ1v) is 8.98. The monoisotopic (exact) mass is 307 g/mol. The number of para-hydroxylation sites is 1. The van der Waals surface area contributed by atoms with Crippen molar-refractivity contribution < 1.29 is 13.2 Å². The fourth-order valence-corrected chi connectivity index (χ4v) is 4.42. The quantitative estimate of drug-likeness (QED) is 0.803. The lowest BCUT2D eigenvalue weighted by Crippen LogP contribution is -2.36. The second kappa shape index (κ2) is 5.81. The van der Waals surface area contributed by atoms with Crippen LogP contribution in [0.1, 0.15) is 32.6 Å². The van der Waals surface area contributed by atoms with E-state index in [0.717, 1.165) is 12.8 Å². The number of hydrogen-bond acceptors (Lipinski definition) is 3. The van der Waals surface area contributed by atoms with Gasteiger partial charge in [-0.05, 0) is 44.7 Å². The lowest BCUT2D eigenvalue weighted by molar-refractivity contribution is 0.327. The minimum Gasteiger partial charge on any atom is -0.492 e. The number of hydrogen-bond donors (Lipinski definition) is 0. The van der Waals surface area contributed by atoms with Crippen LogP contribution in [0, 0.1) is 0 Å². The van der Waals surface area contributed by atoms with Gasteiger partial charge in [0.15, 0.2) is 0 Å². The number of benzene rings is 1. The maximum atomic E-state index is 12.8. The summed E-state index contributed by atoms with van der Waals surface area (Å²) in [5.41, 5.74) is 3.04. The van der Waals surface area contributed by atoms with Gasteiger partial charge in [-0.25, -0.2) is 8.42 Å². The topological polar surface area (TPSA) is 46.6 Å². The largest absolute Gasteiger partial charge is 0.492 e. The summed E-state index contributed by atoms with van der Waals surface area (Å²) in [5, 5.41) is 0. The summed E-state index contributed by atoms with van der Waals surface area (Å²) in [6.07, 6.45) is 4.20. The Bertz CT molecular complexity index is 648. The van der Waals surface area contributed by atoms with Gasteiger partial charge in [0.1, 0.15) is 10.6 Å². The first kappa shape index (κ1) is 14.6. The van der Waals surface area contributed by atoms with Crippen LogP contribution < -0.4 is 4.74 Å². The molecule has 1 saturated heterocycles. The van der Waals surface area contributed by atoms with E-state index in [2.05, 4.69) is 0 Å². The van der Waals surface area contributed by atoms with Gasteiger partial charge in [-0.15, -0.1) is 0 Å². The fraction of sp³-hybridized carbons (Fsp3) is 0.500. The lowest BCUT2D eigenvalue weighted by atomic mass is 10.1. The third kappa shape index (κ3) is 2.99. The standard InChI is InChI=1S/C16H21NO3S/c1-2-20-15-5-3-4-6-16(15)21(18,19)17-11-9-14(10-12-17)13-7-8-13/h3-6H,2,7-12H2,1H3. The minimum atomic E-state index is -3.46. The molecule has 0 atom stereocenters. The van der Waals surface area contributed by atoms with Gasteiger partial charge in [-0.3, -0.25) is 0 Å². The number of piperidine rings is 1. The van der Waals surface area contributed by atoms with Crippen molar-refractivity contribution in [3.63, 3.8) is 0 Å². The van der Waals surface area contributed by atoms with E-state index in [1.165, 1.54) is 18.4 Å². The van der Waals surface area contributed by atoms with Crippen molar-refractivity contribution in [2.45, 2.75) is 37.5 Å². The molecule has 1 aliphatic heterocycles. The highest BCUT2D eigenvalue weighted by Crippen LogP contribution is 2.37. The zero-order valence-corrected chi connectivity index (χ0v) is 13.2. The van der Waals surface area contributed by atoms with Crippen LogP contribution >= 0.6 is 0 Å². The highest BCUT2D eigenvalue weighted by atomic mass is 32.2. The van der Waals surface area contributed by atoms with Crippen LogP contribution in [0.25, 0.3) is 0 Å². The van der Waals surface area contributed by atoms with Gasteiger partial charge < -0.3 is 4.74 Å². The van der Waals surface area contributed by atoms with Gasteiger partial charge in [0, 0.05) is 13.1 Å². The van der Waals surface area contributed by atoms with Crippen LogP contribution in [0.15, 0.2) is 40.3 Å². The molecule has 0 unspecified atom stereocenters. The molecule has 0 spiro atoms. The van der Waals surface area contributed by atoms with E-state index in [1.54, 1.807) is 34.1 Å². The highest BCUT2D eigenvalue weighted by Gasteiger charge is 2.31. The van der Waals surface area contributed by atoms with Gasteiger partial charge in [0.25, 0.3) is 0 Å². The summed E-state index contributed by atoms with van der Waals surface area (Å²) in [7, 11) is -3.46. The Kier molecular flexibility index (Phi) is 4.04. The average molecular weight is 307 g/mol. The van der Waals surface area contributed by atoms with E-state index in [9.17, 15) is 8.42 Å². The first-order valence-electron chi connectivity index (χ1n) is 7.54. The van der Waals surface area contributed by atoms with Gasteiger partial charge in [0.05, 0.1) is 6.61 Å². The van der Waals surface area contributed by atoms with E-state index in [0.29, 0.717) is 25.4 Å². The molecule has 0 radical (unpaired) electrons. The molecule has 1 saturated carbocycles. The molecule has 1 aromatic carbocycles. The Hall–Kier alpha value is -1.33. The number of ether oxygens (including phenoxy) is 1. The predicted molar refractivity (Wildman–Crippen MR) is 81.9 cm³/mol. The minimum absolute atomic E-state index is 0.286. The second-order valence-electron chi connectivity index (χ2n) is 5.49. The molecule has 3 rings (SSSR count). The normalized spacial score (nSPS) is 19.7. The van der Waals surface area contributed by atoms with E-state index in [4.69, 9.17) is 4.74 Å². The van der Waals surface area contributed by atoms with Crippen molar-refractivity contribution >= 4 is 10.0 Å². The molecule has 114 valence electrons. The maximum absolute atomic E-state index is 12.8. The van der Waals surface area contributed by atoms with Crippen molar-refractivity contribution in [1.82, 2.24) is 4.31 Å². The Labute approximate surface area is 126 Å².